The third kappa shape index (κ3) is 4.82. The van der Waals surface area contributed by atoms with Gasteiger partial charge in [-0.25, -0.2) is 0 Å². The molecule has 1 fully saturated rings. The highest BCUT2D eigenvalue weighted by atomic mass is 35.5. The third-order valence-corrected chi connectivity index (χ3v) is 5.43. The molecule has 1 atom stereocenters. The van der Waals surface area contributed by atoms with Gasteiger partial charge >= 0.3 is 12.4 Å². The number of hydrogen-bond acceptors (Lipinski definition) is 4. The number of alkyl halides is 6. The molecule has 33 heavy (non-hydrogen) atoms. The fraction of sp³-hybridized carbons (Fsp3) is 0.286. The van der Waals surface area contributed by atoms with Crippen molar-refractivity contribution in [3.63, 3.8) is 0 Å². The average molecular weight is 490 g/mol. The highest BCUT2D eigenvalue weighted by molar-refractivity contribution is 6.30. The lowest BCUT2D eigenvalue weighted by Crippen LogP contribution is -2.31. The summed E-state index contributed by atoms with van der Waals surface area (Å²) in [6.45, 7) is 0.111. The van der Waals surface area contributed by atoms with Gasteiger partial charge in [-0.15, -0.1) is 0 Å². The molecule has 3 aromatic rings. The minimum Gasteiger partial charge on any atom is -0.337 e. The van der Waals surface area contributed by atoms with E-state index in [2.05, 4.69) is 10.1 Å². The first-order chi connectivity index (χ1) is 15.4. The molecular formula is C21H14ClF6N3O2. The van der Waals surface area contributed by atoms with Crippen LogP contribution in [0.5, 0.6) is 0 Å². The molecule has 1 aliphatic rings. The molecule has 0 saturated carbocycles. The Hall–Kier alpha value is -3.08. The predicted octanol–water partition coefficient (Wildman–Crippen LogP) is 6.40. The number of halogens is 7. The molecule has 2 aromatic carbocycles. The van der Waals surface area contributed by atoms with E-state index < -0.39 is 41.0 Å². The third-order valence-electron chi connectivity index (χ3n) is 5.18. The summed E-state index contributed by atoms with van der Waals surface area (Å²) in [7, 11) is 0. The van der Waals surface area contributed by atoms with E-state index >= 15 is 0 Å². The Morgan fingerprint density at radius 3 is 2.18 bits per heavy atom. The van der Waals surface area contributed by atoms with Gasteiger partial charge in [-0.2, -0.15) is 31.3 Å². The molecule has 5 nitrogen and oxygen atoms in total. The summed E-state index contributed by atoms with van der Waals surface area (Å²) in [5.41, 5.74) is -3.25. The van der Waals surface area contributed by atoms with Crippen LogP contribution < -0.4 is 0 Å². The SMILES string of the molecule is O=C(c1cc(C(F)(F)F)cc(C(F)(F)F)c1)N1CCCC1c1nc(-c2ccc(Cl)cc2)no1. The van der Waals surface area contributed by atoms with E-state index in [1.165, 1.54) is 0 Å². The monoisotopic (exact) mass is 489 g/mol. The van der Waals surface area contributed by atoms with E-state index in [0.29, 0.717) is 35.6 Å². The first-order valence-corrected chi connectivity index (χ1v) is 10.0. The molecule has 1 aromatic heterocycles. The highest BCUT2D eigenvalue weighted by Gasteiger charge is 2.40. The van der Waals surface area contributed by atoms with Crippen LogP contribution in [0.4, 0.5) is 26.3 Å². The predicted molar refractivity (Wildman–Crippen MR) is 104 cm³/mol. The number of nitrogens with zero attached hydrogens (tertiary/aromatic N) is 3. The Balaban J connectivity index is 1.65. The maximum atomic E-state index is 13.2. The van der Waals surface area contributed by atoms with Crippen molar-refractivity contribution >= 4 is 17.5 Å². The highest BCUT2D eigenvalue weighted by Crippen LogP contribution is 2.38. The topological polar surface area (TPSA) is 59.2 Å². The van der Waals surface area contributed by atoms with Crippen molar-refractivity contribution in [1.82, 2.24) is 15.0 Å². The summed E-state index contributed by atoms with van der Waals surface area (Å²) in [6, 6.07) is 6.56. The van der Waals surface area contributed by atoms with Crippen LogP contribution in [0.2, 0.25) is 5.02 Å². The van der Waals surface area contributed by atoms with Gasteiger partial charge in [-0.3, -0.25) is 4.79 Å². The molecule has 12 heteroatoms. The Bertz CT molecular complexity index is 1140. The number of hydrogen-bond donors (Lipinski definition) is 0. The van der Waals surface area contributed by atoms with Crippen LogP contribution in [0.15, 0.2) is 47.0 Å². The second kappa shape index (κ2) is 8.36. The lowest BCUT2D eigenvalue weighted by molar-refractivity contribution is -0.143. The molecule has 0 radical (unpaired) electrons. The van der Waals surface area contributed by atoms with Crippen LogP contribution in [0, 0.1) is 0 Å². The van der Waals surface area contributed by atoms with Gasteiger partial charge in [-0.05, 0) is 55.3 Å². The zero-order chi connectivity index (χ0) is 24.0. The van der Waals surface area contributed by atoms with Crippen LogP contribution in [0.25, 0.3) is 11.4 Å². The van der Waals surface area contributed by atoms with Gasteiger partial charge in [0.1, 0.15) is 6.04 Å². The fourth-order valence-electron chi connectivity index (χ4n) is 3.60. The number of benzene rings is 2. The van der Waals surface area contributed by atoms with Gasteiger partial charge in [0, 0.05) is 22.7 Å². The maximum Gasteiger partial charge on any atom is 0.416 e. The number of carbonyl (C=O) groups is 1. The molecule has 174 valence electrons. The van der Waals surface area contributed by atoms with E-state index in [-0.39, 0.29) is 24.3 Å². The molecule has 0 bridgehead atoms. The van der Waals surface area contributed by atoms with Gasteiger partial charge in [-0.1, -0.05) is 16.8 Å². The van der Waals surface area contributed by atoms with Crippen molar-refractivity contribution in [1.29, 1.82) is 0 Å². The largest absolute Gasteiger partial charge is 0.416 e. The average Bonchev–Trinajstić information content (AvgIpc) is 3.41. The van der Waals surface area contributed by atoms with Crippen molar-refractivity contribution in [3.8, 4) is 11.4 Å². The molecular weight excluding hydrogens is 476 g/mol. The standard InChI is InChI=1S/C21H14ClF6N3O2/c22-15-5-3-11(4-6-15)17-29-18(33-30-17)16-2-1-7-31(16)19(32)12-8-13(20(23,24)25)10-14(9-12)21(26,27)28/h3-6,8-10,16H,1-2,7H2. The quantitative estimate of drug-likeness (QED) is 0.399. The number of carbonyl (C=O) groups excluding carboxylic acids is 1. The number of amides is 1. The lowest BCUT2D eigenvalue weighted by atomic mass is 10.0. The minimum absolute atomic E-state index is 0.0192. The van der Waals surface area contributed by atoms with Crippen molar-refractivity contribution in [2.45, 2.75) is 31.2 Å². The summed E-state index contributed by atoms with van der Waals surface area (Å²) in [4.78, 5) is 18.4. The normalized spacial score (nSPS) is 16.9. The lowest BCUT2D eigenvalue weighted by Gasteiger charge is -2.23. The maximum absolute atomic E-state index is 13.2. The minimum atomic E-state index is -5.05. The molecule has 0 spiro atoms. The van der Waals surface area contributed by atoms with Crippen LogP contribution in [0.1, 0.15) is 46.3 Å². The van der Waals surface area contributed by atoms with Crippen molar-refractivity contribution in [2.24, 2.45) is 0 Å². The molecule has 0 N–H and O–H groups in total. The van der Waals surface area contributed by atoms with Crippen molar-refractivity contribution < 1.29 is 35.7 Å². The zero-order valence-corrected chi connectivity index (χ0v) is 17.3. The van der Waals surface area contributed by atoms with Gasteiger partial charge in [0.15, 0.2) is 0 Å². The Morgan fingerprint density at radius 1 is 1.00 bits per heavy atom. The molecule has 4 rings (SSSR count). The Labute approximate surface area is 187 Å². The second-order valence-electron chi connectivity index (χ2n) is 7.41. The van der Waals surface area contributed by atoms with Gasteiger partial charge in [0.2, 0.25) is 11.7 Å². The summed E-state index contributed by atoms with van der Waals surface area (Å²) >= 11 is 5.85. The van der Waals surface area contributed by atoms with Crippen molar-refractivity contribution in [3.05, 3.63) is 70.1 Å². The second-order valence-corrected chi connectivity index (χ2v) is 7.85. The smallest absolute Gasteiger partial charge is 0.337 e. The zero-order valence-electron chi connectivity index (χ0n) is 16.5. The van der Waals surface area contributed by atoms with E-state index in [1.807, 2.05) is 0 Å². The van der Waals surface area contributed by atoms with Crippen molar-refractivity contribution in [2.75, 3.05) is 6.54 Å². The van der Waals surface area contributed by atoms with Crippen LogP contribution >= 0.6 is 11.6 Å². The Kier molecular flexibility index (Phi) is 5.85. The van der Waals surface area contributed by atoms with Gasteiger partial charge < -0.3 is 9.42 Å². The van der Waals surface area contributed by atoms with E-state index in [1.54, 1.807) is 24.3 Å². The van der Waals surface area contributed by atoms with Gasteiger partial charge in [0.05, 0.1) is 11.1 Å². The molecule has 0 aliphatic carbocycles. The van der Waals surface area contributed by atoms with E-state index in [0.717, 1.165) is 4.90 Å². The molecule has 1 amide bonds. The summed E-state index contributed by atoms with van der Waals surface area (Å²) in [5.74, 6) is -0.742. The Morgan fingerprint density at radius 2 is 1.61 bits per heavy atom. The molecule has 1 aliphatic heterocycles. The summed E-state index contributed by atoms with van der Waals surface area (Å²) in [5, 5.41) is 4.35. The van der Waals surface area contributed by atoms with Gasteiger partial charge in [0.25, 0.3) is 5.91 Å². The summed E-state index contributed by atoms with van der Waals surface area (Å²) < 4.78 is 84.3. The fourth-order valence-corrected chi connectivity index (χ4v) is 3.72. The van der Waals surface area contributed by atoms with Crippen LogP contribution in [-0.2, 0) is 12.4 Å². The van der Waals surface area contributed by atoms with E-state index in [4.69, 9.17) is 16.1 Å². The molecule has 1 unspecified atom stereocenters. The van der Waals surface area contributed by atoms with Crippen LogP contribution in [0.3, 0.4) is 0 Å². The summed E-state index contributed by atoms with van der Waals surface area (Å²) in [6.07, 6.45) is -9.29. The molecule has 2 heterocycles. The number of likely N-dealkylation sites (tertiary alicyclic amines) is 1. The number of aromatic nitrogens is 2. The molecule has 1 saturated heterocycles. The van der Waals surface area contributed by atoms with Crippen LogP contribution in [-0.4, -0.2) is 27.5 Å². The van der Waals surface area contributed by atoms with E-state index in [9.17, 15) is 31.1 Å². The first kappa shape index (κ1) is 23.1. The first-order valence-electron chi connectivity index (χ1n) is 9.63. The number of rotatable bonds is 3.